The summed E-state index contributed by atoms with van der Waals surface area (Å²) in [6, 6.07) is -1.92. The number of methoxy groups -OCH3 is 1. The maximum Gasteiger partial charge on any atom is 0.465 e. The molecule has 1 aromatic carbocycles. The van der Waals surface area contributed by atoms with E-state index in [-0.39, 0.29) is 31.4 Å². The Morgan fingerprint density at radius 1 is 0.778 bits per heavy atom. The molecule has 2 rings (SSSR count). The first kappa shape index (κ1) is 37.0. The fourth-order valence-electron chi connectivity index (χ4n) is 3.44. The minimum absolute atomic E-state index is 0.0265. The van der Waals surface area contributed by atoms with Crippen molar-refractivity contribution < 1.29 is 94.5 Å². The lowest BCUT2D eigenvalue weighted by molar-refractivity contribution is -0.276. The lowest BCUT2D eigenvalue weighted by Gasteiger charge is -2.30. The number of alkyl halides is 15. The smallest absolute Gasteiger partial charge is 0.465 e. The molecule has 0 saturated heterocycles. The number of hydrogen-bond acceptors (Lipinski definition) is 6. The highest BCUT2D eigenvalue weighted by Gasteiger charge is 2.66. The molecule has 1 atom stereocenters. The fourth-order valence-corrected chi connectivity index (χ4v) is 3.44. The zero-order chi connectivity index (χ0) is 35.3. The van der Waals surface area contributed by atoms with Crippen molar-refractivity contribution in [2.45, 2.75) is 48.8 Å². The highest BCUT2D eigenvalue weighted by molar-refractivity contribution is 5.99. The van der Waals surface area contributed by atoms with Crippen LogP contribution < -0.4 is 4.74 Å². The van der Waals surface area contributed by atoms with Gasteiger partial charge in [-0.05, 0) is 23.8 Å². The first-order chi connectivity index (χ1) is 20.0. The van der Waals surface area contributed by atoms with Gasteiger partial charge < -0.3 is 14.4 Å². The highest BCUT2D eigenvalue weighted by Crippen LogP contribution is 2.41. The molecule has 252 valence electrons. The molecule has 0 bridgehead atoms. The summed E-state index contributed by atoms with van der Waals surface area (Å²) in [7, 11) is 0.683. The van der Waals surface area contributed by atoms with Gasteiger partial charge in [-0.1, -0.05) is 0 Å². The van der Waals surface area contributed by atoms with Crippen LogP contribution in [0.25, 0.3) is 10.9 Å². The third-order valence-corrected chi connectivity index (χ3v) is 5.82. The van der Waals surface area contributed by atoms with E-state index in [9.17, 15) is 85.0 Å². The lowest BCUT2D eigenvalue weighted by atomic mass is 10.0. The Bertz CT molecular complexity index is 1490. The number of fused-ring (bicyclic) bond motifs is 1. The van der Waals surface area contributed by atoms with Gasteiger partial charge in [-0.25, -0.2) is 9.59 Å². The van der Waals surface area contributed by atoms with E-state index in [1.54, 1.807) is 0 Å². The van der Waals surface area contributed by atoms with Crippen LogP contribution in [0.4, 0.5) is 65.9 Å². The van der Waals surface area contributed by atoms with Crippen LogP contribution in [0.15, 0.2) is 24.4 Å². The zero-order valence-corrected chi connectivity index (χ0v) is 21.6. The van der Waals surface area contributed by atoms with Gasteiger partial charge in [0.1, 0.15) is 11.8 Å². The number of ether oxygens (including phenoxy) is 2. The first-order valence-electron chi connectivity index (χ1n) is 11.1. The Morgan fingerprint density at radius 2 is 1.27 bits per heavy atom. The quantitative estimate of drug-likeness (QED) is 0.212. The molecule has 23 heteroatoms. The van der Waals surface area contributed by atoms with E-state index in [1.807, 2.05) is 0 Å². The topological polar surface area (TPSA) is 94.9 Å². The number of hydrogen-bond donors (Lipinski definition) is 0. The number of aromatic nitrogens is 1. The second-order valence-corrected chi connectivity index (χ2v) is 8.77. The van der Waals surface area contributed by atoms with Crippen LogP contribution in [0.2, 0.25) is 0 Å². The summed E-state index contributed by atoms with van der Waals surface area (Å²) in [6.45, 7) is 0. The van der Waals surface area contributed by atoms with Crippen molar-refractivity contribution in [2.75, 3.05) is 14.2 Å². The van der Waals surface area contributed by atoms with E-state index in [1.165, 1.54) is 0 Å². The van der Waals surface area contributed by atoms with E-state index in [0.29, 0.717) is 7.11 Å². The van der Waals surface area contributed by atoms with E-state index in [0.717, 1.165) is 0 Å². The number of carbonyl (C=O) groups excluding carboxylic acids is 4. The molecule has 0 spiro atoms. The predicted octanol–water partition coefficient (Wildman–Crippen LogP) is 5.32. The second kappa shape index (κ2) is 11.6. The maximum atomic E-state index is 13.9. The van der Waals surface area contributed by atoms with Crippen molar-refractivity contribution in [2.24, 2.45) is 0 Å². The van der Waals surface area contributed by atoms with Crippen LogP contribution in [-0.4, -0.2) is 89.7 Å². The SMILES string of the molecule is COC(=O)C(Cc1cn(C(=O)C(F)(F)C(F)(F)F)c2ccc(OC(=O)C(F)(F)C(F)(F)F)cc12)N(C)C(=O)C(F)(F)C(F)(F)F. The van der Waals surface area contributed by atoms with Crippen molar-refractivity contribution in [1.82, 2.24) is 9.47 Å². The van der Waals surface area contributed by atoms with Crippen molar-refractivity contribution in [3.63, 3.8) is 0 Å². The third-order valence-electron chi connectivity index (χ3n) is 5.82. The Hall–Kier alpha value is -4.21. The lowest BCUT2D eigenvalue weighted by Crippen LogP contribution is -2.56. The third kappa shape index (κ3) is 6.74. The number of amides is 1. The van der Waals surface area contributed by atoms with Gasteiger partial charge in [0.2, 0.25) is 0 Å². The average molecular weight is 686 g/mol. The van der Waals surface area contributed by atoms with E-state index in [4.69, 9.17) is 0 Å². The van der Waals surface area contributed by atoms with Gasteiger partial charge in [-0.2, -0.15) is 65.9 Å². The van der Waals surface area contributed by atoms with Crippen LogP contribution in [0.3, 0.4) is 0 Å². The number of nitrogens with zero attached hydrogens (tertiary/aromatic N) is 2. The predicted molar refractivity (Wildman–Crippen MR) is 113 cm³/mol. The Balaban J connectivity index is 2.79. The summed E-state index contributed by atoms with van der Waals surface area (Å²) in [4.78, 5) is 47.4. The van der Waals surface area contributed by atoms with Gasteiger partial charge in [0.05, 0.1) is 12.6 Å². The number of halogens is 15. The molecule has 0 aliphatic heterocycles. The summed E-state index contributed by atoms with van der Waals surface area (Å²) in [6.07, 6.45) is -21.1. The molecular weight excluding hydrogens is 673 g/mol. The summed E-state index contributed by atoms with van der Waals surface area (Å²) < 4.78 is 204. The minimum Gasteiger partial charge on any atom is -0.467 e. The Kier molecular flexibility index (Phi) is 9.55. The van der Waals surface area contributed by atoms with Crippen molar-refractivity contribution in [1.29, 1.82) is 0 Å². The molecule has 1 heterocycles. The summed E-state index contributed by atoms with van der Waals surface area (Å²) in [5, 5.41) is -0.987. The highest BCUT2D eigenvalue weighted by atomic mass is 19.4. The van der Waals surface area contributed by atoms with Crippen LogP contribution in [0.5, 0.6) is 5.75 Å². The molecule has 0 aliphatic rings. The van der Waals surface area contributed by atoms with E-state index < -0.39 is 104 Å². The minimum atomic E-state index is -6.57. The van der Waals surface area contributed by atoms with Gasteiger partial charge in [0, 0.05) is 25.1 Å². The van der Waals surface area contributed by atoms with Gasteiger partial charge >= 0.3 is 60.0 Å². The van der Waals surface area contributed by atoms with Crippen LogP contribution in [0, 0.1) is 0 Å². The summed E-state index contributed by atoms with van der Waals surface area (Å²) >= 11 is 0. The van der Waals surface area contributed by atoms with E-state index >= 15 is 0 Å². The summed E-state index contributed by atoms with van der Waals surface area (Å²) in [5.74, 6) is -31.2. The average Bonchev–Trinajstić information content (AvgIpc) is 3.25. The number of rotatable bonds is 8. The molecule has 45 heavy (non-hydrogen) atoms. The van der Waals surface area contributed by atoms with Gasteiger partial charge in [0.15, 0.2) is 0 Å². The molecular formula is C22H13F15N2O6. The molecule has 0 N–H and O–H groups in total. The monoisotopic (exact) mass is 686 g/mol. The molecule has 8 nitrogen and oxygen atoms in total. The molecule has 0 fully saturated rings. The van der Waals surface area contributed by atoms with Crippen LogP contribution in [0.1, 0.15) is 10.4 Å². The fraction of sp³-hybridized carbons (Fsp3) is 0.455. The van der Waals surface area contributed by atoms with Crippen molar-refractivity contribution in [3.05, 3.63) is 30.0 Å². The summed E-state index contributed by atoms with van der Waals surface area (Å²) in [5.41, 5.74) is -2.08. The maximum absolute atomic E-state index is 13.9. The number of carbonyl (C=O) groups is 4. The van der Waals surface area contributed by atoms with Crippen molar-refractivity contribution >= 4 is 34.7 Å². The Labute approximate surface area is 238 Å². The molecule has 1 aromatic heterocycles. The van der Waals surface area contributed by atoms with E-state index in [2.05, 4.69) is 9.47 Å². The number of esters is 2. The van der Waals surface area contributed by atoms with Gasteiger partial charge in [-0.3, -0.25) is 14.2 Å². The largest absolute Gasteiger partial charge is 0.467 e. The molecule has 2 aromatic rings. The second-order valence-electron chi connectivity index (χ2n) is 8.77. The van der Waals surface area contributed by atoms with Crippen LogP contribution in [-0.2, 0) is 25.5 Å². The molecule has 0 aliphatic carbocycles. The number of benzene rings is 1. The molecule has 0 saturated carbocycles. The molecule has 1 unspecified atom stereocenters. The standard InChI is InChI=1S/C22H13F15N2O6/c1-38(14(41)17(23,24)20(29,30)31)12(13(40)44-2)5-8-7-39(15(42)18(25,26)21(32,33)34)11-4-3-9(6-10(8)11)45-16(43)19(27,28)22(35,36)37/h3-4,6-7,12H,5H2,1-2H3. The van der Waals surface area contributed by atoms with Gasteiger partial charge in [-0.15, -0.1) is 0 Å². The van der Waals surface area contributed by atoms with Crippen molar-refractivity contribution in [3.8, 4) is 5.75 Å². The molecule has 1 amide bonds. The molecule has 0 radical (unpaired) electrons. The zero-order valence-electron chi connectivity index (χ0n) is 21.6. The normalized spacial score (nSPS) is 14.2. The Morgan fingerprint density at radius 3 is 1.71 bits per heavy atom. The number of likely N-dealkylation sites (N-methyl/N-ethyl adjacent to an activating group) is 1. The van der Waals surface area contributed by atoms with Gasteiger partial charge in [0.25, 0.3) is 0 Å². The van der Waals surface area contributed by atoms with Crippen LogP contribution >= 0.6 is 0 Å². The first-order valence-corrected chi connectivity index (χ1v) is 11.1.